The quantitative estimate of drug-likeness (QED) is 0.185. The molecule has 3 heterocycles. The van der Waals surface area contributed by atoms with Gasteiger partial charge in [-0.3, -0.25) is 18.6 Å². The molecule has 2 N–H and O–H groups in total. The second-order valence-electron chi connectivity index (χ2n) is 7.39. The van der Waals surface area contributed by atoms with Crippen molar-refractivity contribution in [2.45, 2.75) is 11.7 Å². The average molecular weight is 492 g/mol. The minimum absolute atomic E-state index is 0.114. The zero-order chi connectivity index (χ0) is 23.5. The molecule has 0 aliphatic carbocycles. The SMILES string of the molecule is C=CCn1c(=O)c2ccccc2n2c(SCC(=O)NCCNc3nc4ccccc4s3)nnc12. The standard InChI is InChI=1S/C23H21N7O2S2/c1-2-13-29-20(32)15-7-3-5-9-17(15)30-22(29)27-28-23(30)33-14-19(31)24-11-12-25-21-26-16-8-4-6-10-18(16)34-21/h2-10H,1,11-14H2,(H,24,31)(H,25,26). The summed E-state index contributed by atoms with van der Waals surface area (Å²) < 4.78 is 4.46. The molecule has 0 saturated carbocycles. The van der Waals surface area contributed by atoms with Gasteiger partial charge in [0.2, 0.25) is 11.7 Å². The van der Waals surface area contributed by atoms with Crippen LogP contribution in [0.2, 0.25) is 0 Å². The van der Waals surface area contributed by atoms with Gasteiger partial charge in [0, 0.05) is 19.6 Å². The number of hydrogen-bond acceptors (Lipinski definition) is 8. The smallest absolute Gasteiger partial charge is 0.263 e. The number of hydrogen-bond donors (Lipinski definition) is 2. The maximum absolute atomic E-state index is 12.9. The minimum Gasteiger partial charge on any atom is -0.360 e. The van der Waals surface area contributed by atoms with E-state index in [1.54, 1.807) is 23.5 Å². The van der Waals surface area contributed by atoms with Crippen LogP contribution >= 0.6 is 23.1 Å². The van der Waals surface area contributed by atoms with Crippen LogP contribution in [0.15, 0.2) is 71.1 Å². The van der Waals surface area contributed by atoms with Crippen molar-refractivity contribution in [3.63, 3.8) is 0 Å². The normalized spacial score (nSPS) is 11.3. The molecular weight excluding hydrogens is 470 g/mol. The van der Waals surface area contributed by atoms with Crippen LogP contribution in [0.25, 0.3) is 26.9 Å². The Balaban J connectivity index is 1.23. The molecule has 0 saturated heterocycles. The third-order valence-corrected chi connectivity index (χ3v) is 7.06. The fourth-order valence-corrected chi connectivity index (χ4v) is 5.28. The van der Waals surface area contributed by atoms with Gasteiger partial charge in [-0.1, -0.05) is 53.4 Å². The first-order chi connectivity index (χ1) is 16.7. The van der Waals surface area contributed by atoms with Crippen molar-refractivity contribution in [2.75, 3.05) is 24.2 Å². The molecule has 3 aromatic heterocycles. The van der Waals surface area contributed by atoms with Crippen LogP contribution in [0.5, 0.6) is 0 Å². The van der Waals surface area contributed by atoms with E-state index in [9.17, 15) is 9.59 Å². The van der Waals surface area contributed by atoms with E-state index in [1.165, 1.54) is 16.3 Å². The molecule has 5 rings (SSSR count). The van der Waals surface area contributed by atoms with Gasteiger partial charge in [-0.2, -0.15) is 0 Å². The van der Waals surface area contributed by atoms with E-state index in [-0.39, 0.29) is 17.2 Å². The lowest BCUT2D eigenvalue weighted by Gasteiger charge is -2.09. The van der Waals surface area contributed by atoms with Crippen LogP contribution < -0.4 is 16.2 Å². The molecule has 172 valence electrons. The van der Waals surface area contributed by atoms with Crippen molar-refractivity contribution in [1.29, 1.82) is 0 Å². The van der Waals surface area contributed by atoms with Gasteiger partial charge in [0.1, 0.15) is 0 Å². The minimum atomic E-state index is -0.148. The average Bonchev–Trinajstić information content (AvgIpc) is 3.47. The largest absolute Gasteiger partial charge is 0.360 e. The van der Waals surface area contributed by atoms with Gasteiger partial charge >= 0.3 is 0 Å². The number of thiazole rings is 1. The van der Waals surface area contributed by atoms with Gasteiger partial charge in [0.05, 0.1) is 26.9 Å². The lowest BCUT2D eigenvalue weighted by molar-refractivity contribution is -0.118. The molecule has 0 unspecified atom stereocenters. The molecule has 0 fully saturated rings. The Bertz CT molecular complexity index is 1540. The summed E-state index contributed by atoms with van der Waals surface area (Å²) in [6, 6.07) is 15.3. The predicted molar refractivity (Wildman–Crippen MR) is 137 cm³/mol. The van der Waals surface area contributed by atoms with Crippen LogP contribution in [0.3, 0.4) is 0 Å². The van der Waals surface area contributed by atoms with Crippen molar-refractivity contribution in [2.24, 2.45) is 0 Å². The highest BCUT2D eigenvalue weighted by Gasteiger charge is 2.17. The van der Waals surface area contributed by atoms with Gasteiger partial charge in [0.25, 0.3) is 5.56 Å². The summed E-state index contributed by atoms with van der Waals surface area (Å²) in [5, 5.41) is 16.5. The first kappa shape index (κ1) is 22.1. The molecule has 0 spiro atoms. The molecule has 0 aliphatic heterocycles. The highest BCUT2D eigenvalue weighted by atomic mass is 32.2. The summed E-state index contributed by atoms with van der Waals surface area (Å²) in [6.45, 7) is 5.09. The number of para-hydroxylation sites is 2. The van der Waals surface area contributed by atoms with E-state index in [0.717, 1.165) is 15.3 Å². The topological polar surface area (TPSA) is 106 Å². The number of thioether (sulfide) groups is 1. The Hall–Kier alpha value is -3.70. The van der Waals surface area contributed by atoms with E-state index >= 15 is 0 Å². The number of allylic oxidation sites excluding steroid dienone is 1. The van der Waals surface area contributed by atoms with Crippen LogP contribution in [0, 0.1) is 0 Å². The number of nitrogens with one attached hydrogen (secondary N) is 2. The molecule has 5 aromatic rings. The third-order valence-electron chi connectivity index (χ3n) is 5.14. The molecule has 0 bridgehead atoms. The van der Waals surface area contributed by atoms with Crippen molar-refractivity contribution in [3.05, 3.63) is 71.5 Å². The first-order valence-corrected chi connectivity index (χ1v) is 12.4. The number of benzene rings is 2. The number of aromatic nitrogens is 5. The summed E-state index contributed by atoms with van der Waals surface area (Å²) >= 11 is 2.86. The second-order valence-corrected chi connectivity index (χ2v) is 9.36. The van der Waals surface area contributed by atoms with Crippen molar-refractivity contribution >= 4 is 61.0 Å². The van der Waals surface area contributed by atoms with E-state index in [0.29, 0.717) is 41.5 Å². The fraction of sp³-hybridized carbons (Fsp3) is 0.174. The summed E-state index contributed by atoms with van der Waals surface area (Å²) in [5.41, 5.74) is 1.52. The van der Waals surface area contributed by atoms with Gasteiger partial charge in [0.15, 0.2) is 10.3 Å². The highest BCUT2D eigenvalue weighted by molar-refractivity contribution is 7.99. The summed E-state index contributed by atoms with van der Waals surface area (Å²) in [6.07, 6.45) is 1.65. The van der Waals surface area contributed by atoms with Crippen molar-refractivity contribution in [1.82, 2.24) is 29.5 Å². The molecule has 0 atom stereocenters. The number of anilines is 1. The van der Waals surface area contributed by atoms with Gasteiger partial charge < -0.3 is 10.6 Å². The van der Waals surface area contributed by atoms with E-state index < -0.39 is 0 Å². The van der Waals surface area contributed by atoms with Crippen LogP contribution in [0.4, 0.5) is 5.13 Å². The van der Waals surface area contributed by atoms with Crippen molar-refractivity contribution < 1.29 is 4.79 Å². The third kappa shape index (κ3) is 4.27. The number of amides is 1. The predicted octanol–water partition coefficient (Wildman–Crippen LogP) is 3.16. The molecular formula is C23H21N7O2S2. The zero-order valence-corrected chi connectivity index (χ0v) is 19.7. The Morgan fingerprint density at radius 2 is 1.94 bits per heavy atom. The van der Waals surface area contributed by atoms with E-state index in [4.69, 9.17) is 0 Å². The molecule has 34 heavy (non-hydrogen) atoms. The number of carbonyl (C=O) groups is 1. The monoisotopic (exact) mass is 491 g/mol. The Kier molecular flexibility index (Phi) is 6.28. The Morgan fingerprint density at radius 3 is 2.79 bits per heavy atom. The lowest BCUT2D eigenvalue weighted by Crippen LogP contribution is -2.30. The summed E-state index contributed by atoms with van der Waals surface area (Å²) in [4.78, 5) is 29.8. The Morgan fingerprint density at radius 1 is 1.12 bits per heavy atom. The highest BCUT2D eigenvalue weighted by Crippen LogP contribution is 2.25. The van der Waals surface area contributed by atoms with Gasteiger partial charge in [-0.25, -0.2) is 4.98 Å². The molecule has 11 heteroatoms. The van der Waals surface area contributed by atoms with E-state index in [1.807, 2.05) is 46.9 Å². The molecule has 9 nitrogen and oxygen atoms in total. The van der Waals surface area contributed by atoms with Crippen LogP contribution in [-0.4, -0.2) is 48.9 Å². The summed E-state index contributed by atoms with van der Waals surface area (Å²) in [5.74, 6) is 0.486. The van der Waals surface area contributed by atoms with E-state index in [2.05, 4.69) is 32.4 Å². The maximum atomic E-state index is 12.9. The van der Waals surface area contributed by atoms with Crippen LogP contribution in [-0.2, 0) is 11.3 Å². The lowest BCUT2D eigenvalue weighted by atomic mass is 10.2. The molecule has 2 aromatic carbocycles. The first-order valence-electron chi connectivity index (χ1n) is 10.6. The summed E-state index contributed by atoms with van der Waals surface area (Å²) in [7, 11) is 0. The fourth-order valence-electron chi connectivity index (χ4n) is 3.62. The number of fused-ring (bicyclic) bond motifs is 4. The van der Waals surface area contributed by atoms with Crippen molar-refractivity contribution in [3.8, 4) is 0 Å². The van der Waals surface area contributed by atoms with Gasteiger partial charge in [-0.05, 0) is 24.3 Å². The number of nitrogens with zero attached hydrogens (tertiary/aromatic N) is 5. The van der Waals surface area contributed by atoms with Crippen LogP contribution in [0.1, 0.15) is 0 Å². The number of carbonyl (C=O) groups excluding carboxylic acids is 1. The number of rotatable bonds is 9. The second kappa shape index (κ2) is 9.65. The van der Waals surface area contributed by atoms with Gasteiger partial charge in [-0.15, -0.1) is 16.8 Å². The molecule has 0 aliphatic rings. The Labute approximate surface area is 202 Å². The zero-order valence-electron chi connectivity index (χ0n) is 18.1. The maximum Gasteiger partial charge on any atom is 0.263 e. The molecule has 1 amide bonds. The molecule has 0 radical (unpaired) electrons.